The third-order valence-electron chi connectivity index (χ3n) is 10.7. The highest BCUT2D eigenvalue weighted by Crippen LogP contribution is 2.70. The van der Waals surface area contributed by atoms with Crippen molar-refractivity contribution in [2.75, 3.05) is 0 Å². The molecule has 0 aromatic rings. The molecule has 0 unspecified atom stereocenters. The topological polar surface area (TPSA) is 124 Å². The summed E-state index contributed by atoms with van der Waals surface area (Å²) < 4.78 is 6.01. The van der Waals surface area contributed by atoms with E-state index in [0.717, 1.165) is 11.1 Å². The lowest BCUT2D eigenvalue weighted by atomic mass is 9.42. The number of Topliss-reactive ketones (excluding diaryl/α,β-unsaturated/α-hetero) is 1. The fourth-order valence-electron chi connectivity index (χ4n) is 7.90. The lowest BCUT2D eigenvalue weighted by Gasteiger charge is -2.67. The van der Waals surface area contributed by atoms with Crippen molar-refractivity contribution in [3.63, 3.8) is 0 Å². The Morgan fingerprint density at radius 3 is 2.37 bits per heavy atom. The van der Waals surface area contributed by atoms with Crippen molar-refractivity contribution >= 4 is 11.8 Å². The molecule has 3 fully saturated rings. The van der Waals surface area contributed by atoms with Gasteiger partial charge in [-0.25, -0.2) is 4.79 Å². The predicted molar refractivity (Wildman–Crippen MR) is 130 cm³/mol. The average molecular weight is 491 g/mol. The van der Waals surface area contributed by atoms with Crippen LogP contribution in [-0.4, -0.2) is 61.2 Å². The molecule has 7 heteroatoms. The first-order valence-electron chi connectivity index (χ1n) is 13.0. The van der Waals surface area contributed by atoms with Crippen LogP contribution in [0.4, 0.5) is 0 Å². The molecule has 3 saturated carbocycles. The van der Waals surface area contributed by atoms with Crippen LogP contribution >= 0.6 is 0 Å². The molecule has 4 aliphatic rings. The maximum Gasteiger partial charge on any atom is 0.330 e. The zero-order valence-electron chi connectivity index (χ0n) is 21.9. The molecule has 0 radical (unpaired) electrons. The van der Waals surface area contributed by atoms with Crippen molar-refractivity contribution in [2.24, 2.45) is 22.7 Å². The van der Waals surface area contributed by atoms with E-state index in [0.29, 0.717) is 19.3 Å². The van der Waals surface area contributed by atoms with Gasteiger partial charge in [0.1, 0.15) is 22.9 Å². The number of carbonyl (C=O) groups excluding carboxylic acids is 2. The Morgan fingerprint density at radius 1 is 1.11 bits per heavy atom. The van der Waals surface area contributed by atoms with Crippen LogP contribution < -0.4 is 0 Å². The zero-order chi connectivity index (χ0) is 26.2. The highest BCUT2D eigenvalue weighted by Gasteiger charge is 2.81. The highest BCUT2D eigenvalue weighted by atomic mass is 16.5. The SMILES string of the molecule is CC(=O)[C@]1(O)CC[C@]2(O)[C@]1(C)[C@H](OC(=O)C=C(C)C(C)C)C[C@@H]1[C@@]3(C)CC[C@@H](O)CC3=CC[C@@]12O. The second-order valence-electron chi connectivity index (χ2n) is 12.4. The molecule has 4 aliphatic carbocycles. The summed E-state index contributed by atoms with van der Waals surface area (Å²) in [4.78, 5) is 25.9. The second-order valence-corrected chi connectivity index (χ2v) is 12.4. The summed E-state index contributed by atoms with van der Waals surface area (Å²) in [5, 5.41) is 46.7. The molecule has 8 atom stereocenters. The Hall–Kier alpha value is -1.54. The predicted octanol–water partition coefficient (Wildman–Crippen LogP) is 2.98. The molecule has 196 valence electrons. The Morgan fingerprint density at radius 2 is 1.77 bits per heavy atom. The zero-order valence-corrected chi connectivity index (χ0v) is 21.9. The molecule has 0 bridgehead atoms. The van der Waals surface area contributed by atoms with Gasteiger partial charge in [-0.05, 0) is 77.0 Å². The van der Waals surface area contributed by atoms with Crippen molar-refractivity contribution in [2.45, 2.75) is 115 Å². The fraction of sp³-hybridized carbons (Fsp3) is 0.786. The van der Waals surface area contributed by atoms with Crippen molar-refractivity contribution in [1.82, 2.24) is 0 Å². The maximum atomic E-state index is 13.0. The normalized spacial score (nSPS) is 47.5. The number of aliphatic hydroxyl groups excluding tert-OH is 1. The fourth-order valence-corrected chi connectivity index (χ4v) is 7.90. The van der Waals surface area contributed by atoms with Crippen molar-refractivity contribution in [3.8, 4) is 0 Å². The molecule has 0 aromatic carbocycles. The summed E-state index contributed by atoms with van der Waals surface area (Å²) in [6, 6.07) is 0. The minimum absolute atomic E-state index is 0.0172. The third kappa shape index (κ3) is 3.38. The van der Waals surface area contributed by atoms with E-state index in [1.807, 2.05) is 26.8 Å². The van der Waals surface area contributed by atoms with E-state index in [2.05, 4.69) is 6.92 Å². The summed E-state index contributed by atoms with van der Waals surface area (Å²) >= 11 is 0. The van der Waals surface area contributed by atoms with Crippen LogP contribution in [0.2, 0.25) is 0 Å². The molecule has 35 heavy (non-hydrogen) atoms. The van der Waals surface area contributed by atoms with E-state index in [-0.39, 0.29) is 31.6 Å². The maximum absolute atomic E-state index is 13.0. The van der Waals surface area contributed by atoms with Crippen LogP contribution in [0.3, 0.4) is 0 Å². The van der Waals surface area contributed by atoms with Crippen molar-refractivity contribution in [1.29, 1.82) is 0 Å². The number of allylic oxidation sites excluding steroid dienone is 1. The number of aliphatic hydroxyl groups is 4. The van der Waals surface area contributed by atoms with Crippen molar-refractivity contribution < 1.29 is 34.8 Å². The number of hydrogen-bond acceptors (Lipinski definition) is 7. The van der Waals surface area contributed by atoms with Crippen LogP contribution in [0, 0.1) is 22.7 Å². The van der Waals surface area contributed by atoms with E-state index >= 15 is 0 Å². The summed E-state index contributed by atoms with van der Waals surface area (Å²) in [5.74, 6) is -1.41. The number of fused-ring (bicyclic) bond motifs is 5. The van der Waals surface area contributed by atoms with E-state index < -0.39 is 57.5 Å². The number of carbonyl (C=O) groups is 2. The Bertz CT molecular complexity index is 984. The summed E-state index contributed by atoms with van der Waals surface area (Å²) in [5.41, 5.74) is -5.62. The van der Waals surface area contributed by atoms with Gasteiger partial charge in [-0.2, -0.15) is 0 Å². The molecule has 0 saturated heterocycles. The van der Waals surface area contributed by atoms with Gasteiger partial charge in [0.05, 0.1) is 11.5 Å². The molecule has 7 nitrogen and oxygen atoms in total. The number of ether oxygens (including phenoxy) is 1. The van der Waals surface area contributed by atoms with Gasteiger partial charge in [0.2, 0.25) is 0 Å². The Labute approximate surface area is 208 Å². The van der Waals surface area contributed by atoms with Gasteiger partial charge in [0.25, 0.3) is 0 Å². The van der Waals surface area contributed by atoms with Gasteiger partial charge in [-0.1, -0.05) is 38.0 Å². The highest BCUT2D eigenvalue weighted by molar-refractivity contribution is 5.87. The monoisotopic (exact) mass is 490 g/mol. The molecular formula is C28H42O7. The first-order valence-corrected chi connectivity index (χ1v) is 13.0. The quantitative estimate of drug-likeness (QED) is 0.271. The largest absolute Gasteiger partial charge is 0.458 e. The van der Waals surface area contributed by atoms with E-state index in [1.165, 1.54) is 13.0 Å². The van der Waals surface area contributed by atoms with Gasteiger partial charge >= 0.3 is 5.97 Å². The summed E-state index contributed by atoms with van der Waals surface area (Å²) in [7, 11) is 0. The Kier molecular flexibility index (Phi) is 6.24. The number of ketones is 1. The van der Waals surface area contributed by atoms with Crippen LogP contribution in [0.5, 0.6) is 0 Å². The smallest absolute Gasteiger partial charge is 0.330 e. The number of hydrogen-bond donors (Lipinski definition) is 4. The number of esters is 1. The van der Waals surface area contributed by atoms with Gasteiger partial charge in [0, 0.05) is 12.0 Å². The third-order valence-corrected chi connectivity index (χ3v) is 10.7. The lowest BCUT2D eigenvalue weighted by molar-refractivity contribution is -0.314. The van der Waals surface area contributed by atoms with Crippen LogP contribution in [0.15, 0.2) is 23.3 Å². The van der Waals surface area contributed by atoms with Gasteiger partial charge in [-0.3, -0.25) is 4.79 Å². The molecular weight excluding hydrogens is 448 g/mol. The Balaban J connectivity index is 1.85. The molecule has 0 aromatic heterocycles. The van der Waals surface area contributed by atoms with Gasteiger partial charge in [-0.15, -0.1) is 0 Å². The average Bonchev–Trinajstić information content (AvgIpc) is 3.00. The molecule has 0 spiro atoms. The van der Waals surface area contributed by atoms with Crippen molar-refractivity contribution in [3.05, 3.63) is 23.3 Å². The summed E-state index contributed by atoms with van der Waals surface area (Å²) in [6.45, 7) is 10.7. The molecule has 4 rings (SSSR count). The molecule has 0 heterocycles. The van der Waals surface area contributed by atoms with Gasteiger partial charge < -0.3 is 25.2 Å². The first-order chi connectivity index (χ1) is 16.1. The van der Waals surface area contributed by atoms with Crippen LogP contribution in [-0.2, 0) is 14.3 Å². The summed E-state index contributed by atoms with van der Waals surface area (Å²) in [6.07, 6.45) is 4.01. The van der Waals surface area contributed by atoms with E-state index in [4.69, 9.17) is 4.74 Å². The van der Waals surface area contributed by atoms with E-state index in [1.54, 1.807) is 6.92 Å². The van der Waals surface area contributed by atoms with Gasteiger partial charge in [0.15, 0.2) is 5.78 Å². The second kappa shape index (κ2) is 8.23. The molecule has 4 N–H and O–H groups in total. The van der Waals surface area contributed by atoms with Crippen LogP contribution in [0.25, 0.3) is 0 Å². The first kappa shape index (κ1) is 26.5. The lowest BCUT2D eigenvalue weighted by Crippen LogP contribution is -2.78. The van der Waals surface area contributed by atoms with E-state index in [9.17, 15) is 30.0 Å². The molecule has 0 aliphatic heterocycles. The van der Waals surface area contributed by atoms with Crippen LogP contribution in [0.1, 0.15) is 86.5 Å². The minimum atomic E-state index is -1.95. The minimum Gasteiger partial charge on any atom is -0.458 e. The standard InChI is InChI=1S/C28H42O7/c1-16(2)17(3)13-23(31)35-22-15-21-24(5)9-8-20(30)14-19(24)7-10-27(21,33)28(34)12-11-26(32,18(4)29)25(22,28)6/h7,13,16,20-22,30,32-34H,8-12,14-15H2,1-6H3/t20-,21-,22-,24+,25-,26-,27-,28+/m1/s1. The molecule has 0 amide bonds. The number of rotatable bonds is 4.